The number of aliphatic imine (C=N–C) groups is 1. The lowest BCUT2D eigenvalue weighted by atomic mass is 9.63. The number of piperidine rings is 1. The quantitative estimate of drug-likeness (QED) is 0.0932. The summed E-state index contributed by atoms with van der Waals surface area (Å²) in [5.74, 6) is 11.4. The summed E-state index contributed by atoms with van der Waals surface area (Å²) in [6.45, 7) is 6.60. The number of rotatable bonds is 14. The van der Waals surface area contributed by atoms with Crippen LogP contribution in [-0.4, -0.2) is 79.7 Å². The fourth-order valence-corrected chi connectivity index (χ4v) is 12.7. The van der Waals surface area contributed by atoms with E-state index in [9.17, 15) is 19.8 Å². The number of carbonyl (C=O) groups is 2. The second-order valence-corrected chi connectivity index (χ2v) is 20.0. The van der Waals surface area contributed by atoms with Gasteiger partial charge in [0.25, 0.3) is 0 Å². The van der Waals surface area contributed by atoms with Crippen LogP contribution < -0.4 is 16.4 Å². The lowest BCUT2D eigenvalue weighted by molar-refractivity contribution is -0.699. The Kier molecular flexibility index (Phi) is 17.4. The molecule has 4 aliphatic carbocycles. The molecule has 6 rings (SSSR count). The predicted octanol–water partition coefficient (Wildman–Crippen LogP) is 5.14. The maximum absolute atomic E-state index is 14.7. The number of aliphatic hydroxyl groups is 2. The molecule has 0 radical (unpaired) electrons. The Hall–Kier alpha value is -2.06. The van der Waals surface area contributed by atoms with Crippen LogP contribution in [-0.2, 0) is 14.3 Å². The Bertz CT molecular complexity index is 1450. The van der Waals surface area contributed by atoms with Gasteiger partial charge in [-0.2, -0.15) is 0 Å². The third-order valence-electron chi connectivity index (χ3n) is 15.9. The highest BCUT2D eigenvalue weighted by Gasteiger charge is 2.45. The molecule has 14 atom stereocenters. The highest BCUT2D eigenvalue weighted by molar-refractivity contribution is 6.00. The fourth-order valence-electron chi connectivity index (χ4n) is 12.7. The van der Waals surface area contributed by atoms with Gasteiger partial charge in [0, 0.05) is 44.1 Å². The minimum atomic E-state index is -0.558. The third kappa shape index (κ3) is 12.1. The van der Waals surface area contributed by atoms with Gasteiger partial charge in [-0.25, -0.2) is 0 Å². The Balaban J connectivity index is 1.33. The van der Waals surface area contributed by atoms with Gasteiger partial charge in [-0.1, -0.05) is 44.4 Å². The van der Waals surface area contributed by atoms with Crippen molar-refractivity contribution in [2.24, 2.45) is 75.8 Å². The maximum atomic E-state index is 14.7. The summed E-state index contributed by atoms with van der Waals surface area (Å²) in [6, 6.07) is 0. The Morgan fingerprint density at radius 2 is 1.83 bits per heavy atom. The minimum Gasteiger partial charge on any atom is -0.391 e. The number of ether oxygens (including phenoxy) is 1. The molecule has 2 aliphatic heterocycles. The Labute approximate surface area is 351 Å². The van der Waals surface area contributed by atoms with Crippen molar-refractivity contribution in [1.29, 1.82) is 0 Å². The van der Waals surface area contributed by atoms with Crippen molar-refractivity contribution < 1.29 is 35.2 Å². The number of quaternary nitrogens is 2. The third-order valence-corrected chi connectivity index (χ3v) is 15.9. The van der Waals surface area contributed by atoms with Crippen molar-refractivity contribution in [3.63, 3.8) is 0 Å². The number of hydrogen-bond acceptors (Lipinski definition) is 7. The zero-order valence-electron chi connectivity index (χ0n) is 36.7. The standard InChI is InChI=1S/C49H79N4O5/c1-5-9-42(45(55)27-39-24-38(30-53-39)31(2)16-18-51-3)37-22-33(20-32-17-19-52-49(50)23-32)21-35-13-15-41(34-10-7-6-8-11-34)43-29-47(57)48(58-4)26-36(43)12-14-40(54)28-46(56)44(35)25-37/h24,30-37,41-45,47-49,51-52,55,57H,5-12,14,16-23,25-29,50H2,1-4H3/q+1/p+2. The number of carbonyl (C=O) groups excluding carboxylic acids is 2. The molecule has 9 nitrogen and oxygen atoms in total. The normalized spacial score (nSPS) is 36.9. The molecule has 9 heteroatoms. The molecular formula is C49H81N4O5+3. The number of aliphatic hydroxyl groups excluding tert-OH is 2. The van der Waals surface area contributed by atoms with Gasteiger partial charge in [0.2, 0.25) is 0 Å². The molecule has 0 amide bonds. The van der Waals surface area contributed by atoms with E-state index >= 15 is 0 Å². The largest absolute Gasteiger partial charge is 0.391 e. The summed E-state index contributed by atoms with van der Waals surface area (Å²) in [5.41, 5.74) is 7.47. The second-order valence-electron chi connectivity index (χ2n) is 20.0. The van der Waals surface area contributed by atoms with Gasteiger partial charge in [-0.05, 0) is 119 Å². The van der Waals surface area contributed by atoms with Crippen LogP contribution in [0.3, 0.4) is 0 Å². The van der Waals surface area contributed by atoms with Crippen LogP contribution >= 0.6 is 0 Å². The number of nitrogens with two attached hydrogens (primary N) is 3. The average Bonchev–Trinajstić information content (AvgIpc) is 3.60. The molecule has 2 heterocycles. The van der Waals surface area contributed by atoms with Crippen LogP contribution in [0.5, 0.6) is 0 Å². The maximum Gasteiger partial charge on any atom is 0.177 e. The fraction of sp³-hybridized carbons (Fsp3) is 0.837. The monoisotopic (exact) mass is 806 g/mol. The Morgan fingerprint density at radius 1 is 1.02 bits per heavy atom. The SMILES string of the molecule is CCCC(C(O)CC1=C[C+](C(C)CC[NH2+]C)C=N1)C1CC(CC2CC[NH2+]C(N)C2)CC2C#CC(C3CCCCC3)C3CC(O)C(OC)CC3CCC(=O)CC(=O)C2C1. The second kappa shape index (κ2) is 22.2. The molecule has 14 unspecified atom stereocenters. The Morgan fingerprint density at radius 3 is 2.57 bits per heavy atom. The predicted molar refractivity (Wildman–Crippen MR) is 230 cm³/mol. The van der Waals surface area contributed by atoms with Crippen LogP contribution in [0.4, 0.5) is 0 Å². The van der Waals surface area contributed by atoms with Crippen LogP contribution in [0.1, 0.15) is 142 Å². The molecule has 0 spiro atoms. The number of hydrogen-bond donors (Lipinski definition) is 5. The van der Waals surface area contributed by atoms with Gasteiger partial charge in [0.15, 0.2) is 5.70 Å². The highest BCUT2D eigenvalue weighted by Crippen LogP contribution is 2.48. The van der Waals surface area contributed by atoms with Crippen LogP contribution in [0, 0.1) is 82.9 Å². The van der Waals surface area contributed by atoms with E-state index in [2.05, 4.69) is 49.4 Å². The first-order valence-electron chi connectivity index (χ1n) is 24.0. The van der Waals surface area contributed by atoms with Crippen molar-refractivity contribution in [3.05, 3.63) is 17.7 Å². The molecule has 4 fully saturated rings. The lowest BCUT2D eigenvalue weighted by Crippen LogP contribution is -2.94. The number of methoxy groups -OCH3 is 1. The zero-order valence-corrected chi connectivity index (χ0v) is 36.7. The first-order chi connectivity index (χ1) is 28.1. The van der Waals surface area contributed by atoms with E-state index in [4.69, 9.17) is 15.5 Å². The van der Waals surface area contributed by atoms with Crippen molar-refractivity contribution in [3.8, 4) is 11.8 Å². The van der Waals surface area contributed by atoms with E-state index in [0.717, 1.165) is 95.8 Å². The molecule has 6 aliphatic rings. The summed E-state index contributed by atoms with van der Waals surface area (Å²) >= 11 is 0. The summed E-state index contributed by atoms with van der Waals surface area (Å²) in [6.07, 6.45) is 20.8. The molecule has 8 N–H and O–H groups in total. The zero-order chi connectivity index (χ0) is 41.2. The van der Waals surface area contributed by atoms with E-state index in [1.165, 1.54) is 25.2 Å². The van der Waals surface area contributed by atoms with Crippen LogP contribution in [0.25, 0.3) is 0 Å². The molecule has 1 saturated heterocycles. The van der Waals surface area contributed by atoms with E-state index in [0.29, 0.717) is 49.4 Å². The summed E-state index contributed by atoms with van der Waals surface area (Å²) < 4.78 is 5.78. The van der Waals surface area contributed by atoms with Gasteiger partial charge in [-0.15, -0.1) is 4.99 Å². The lowest BCUT2D eigenvalue weighted by Gasteiger charge is -2.44. The molecule has 0 aromatic rings. The number of allylic oxidation sites excluding steroid dienone is 1. The molecular weight excluding hydrogens is 725 g/mol. The summed E-state index contributed by atoms with van der Waals surface area (Å²) in [4.78, 5) is 33.3. The molecule has 0 aromatic carbocycles. The highest BCUT2D eigenvalue weighted by atomic mass is 16.5. The smallest absolute Gasteiger partial charge is 0.177 e. The molecule has 0 bridgehead atoms. The van der Waals surface area contributed by atoms with Crippen molar-refractivity contribution in [2.75, 3.05) is 27.2 Å². The van der Waals surface area contributed by atoms with E-state index < -0.39 is 12.2 Å². The van der Waals surface area contributed by atoms with Gasteiger partial charge in [0.05, 0.1) is 57.2 Å². The number of Topliss-reactive ketones (excluding diaryl/α,β-unsaturated/α-hetero) is 2. The molecule has 58 heavy (non-hydrogen) atoms. The summed E-state index contributed by atoms with van der Waals surface area (Å²) in [7, 11) is 3.80. The van der Waals surface area contributed by atoms with Crippen molar-refractivity contribution in [2.45, 2.75) is 167 Å². The van der Waals surface area contributed by atoms with Gasteiger partial charge >= 0.3 is 0 Å². The first-order valence-corrected chi connectivity index (χ1v) is 24.0. The number of ketones is 2. The van der Waals surface area contributed by atoms with E-state index in [-0.39, 0.29) is 71.7 Å². The van der Waals surface area contributed by atoms with Crippen molar-refractivity contribution in [1.82, 2.24) is 0 Å². The van der Waals surface area contributed by atoms with Gasteiger partial charge < -0.3 is 25.6 Å². The topological polar surface area (TPSA) is 155 Å². The minimum absolute atomic E-state index is 0.0253. The van der Waals surface area contributed by atoms with Gasteiger partial charge in [-0.3, -0.25) is 15.3 Å². The molecule has 324 valence electrons. The first kappa shape index (κ1) is 45.5. The molecule has 3 saturated carbocycles. The van der Waals surface area contributed by atoms with E-state index in [1.54, 1.807) is 7.11 Å². The van der Waals surface area contributed by atoms with Gasteiger partial charge in [0.1, 0.15) is 35.9 Å². The number of nitrogens with zero attached hydrogens (tertiary/aromatic N) is 1. The van der Waals surface area contributed by atoms with E-state index in [1.807, 2.05) is 6.21 Å². The average molecular weight is 806 g/mol. The van der Waals surface area contributed by atoms with Crippen LogP contribution in [0.2, 0.25) is 0 Å². The number of fused-ring (bicyclic) bond motifs is 2. The molecule has 0 aromatic heterocycles. The van der Waals surface area contributed by atoms with Crippen LogP contribution in [0.15, 0.2) is 16.8 Å². The summed E-state index contributed by atoms with van der Waals surface area (Å²) in [5, 5.41) is 28.0. The van der Waals surface area contributed by atoms with Crippen molar-refractivity contribution >= 4 is 17.8 Å².